The number of nitrogens with zero attached hydrogens (tertiary/aromatic N) is 2. The lowest BCUT2D eigenvalue weighted by atomic mass is 10.2. The molecule has 0 spiro atoms. The number of thioether (sulfide) groups is 1. The Kier molecular flexibility index (Phi) is 3.75. The minimum Gasteiger partial charge on any atom is -0.354 e. The van der Waals surface area contributed by atoms with Crippen LogP contribution in [0.3, 0.4) is 0 Å². The van der Waals surface area contributed by atoms with E-state index in [4.69, 9.17) is 0 Å². The van der Waals surface area contributed by atoms with Gasteiger partial charge in [-0.15, -0.1) is 0 Å². The van der Waals surface area contributed by atoms with Gasteiger partial charge in [-0.25, -0.2) is 4.98 Å². The van der Waals surface area contributed by atoms with Crippen LogP contribution < -0.4 is 10.9 Å². The topological polar surface area (TPSA) is 64.0 Å². The quantitative estimate of drug-likeness (QED) is 0.833. The molecule has 1 atom stereocenters. The predicted molar refractivity (Wildman–Crippen MR) is 70.9 cm³/mol. The van der Waals surface area contributed by atoms with Gasteiger partial charge in [0.15, 0.2) is 5.16 Å². The molecule has 6 heteroatoms. The van der Waals surface area contributed by atoms with Crippen molar-refractivity contribution in [1.82, 2.24) is 14.9 Å². The number of nitrogens with one attached hydrogen (secondary N) is 1. The summed E-state index contributed by atoms with van der Waals surface area (Å²) in [6.45, 7) is 5.59. The maximum absolute atomic E-state index is 12.1. The molecular formula is C12H17N3O2S. The molecule has 2 rings (SSSR count). The zero-order chi connectivity index (χ0) is 13.3. The third-order valence-corrected chi connectivity index (χ3v) is 3.88. The average Bonchev–Trinajstić information content (AvgIpc) is 2.66. The zero-order valence-corrected chi connectivity index (χ0v) is 11.6. The highest BCUT2D eigenvalue weighted by Gasteiger charge is 2.27. The van der Waals surface area contributed by atoms with E-state index in [1.54, 1.807) is 17.7 Å². The first-order chi connectivity index (χ1) is 8.49. The molecule has 0 fully saturated rings. The second-order valence-electron chi connectivity index (χ2n) is 4.79. The van der Waals surface area contributed by atoms with E-state index >= 15 is 0 Å². The Morgan fingerprint density at radius 2 is 2.39 bits per heavy atom. The highest BCUT2D eigenvalue weighted by atomic mass is 32.2. The van der Waals surface area contributed by atoms with Crippen LogP contribution in [0, 0.1) is 6.92 Å². The zero-order valence-electron chi connectivity index (χ0n) is 10.8. The molecule has 0 saturated heterocycles. The first-order valence-corrected chi connectivity index (χ1v) is 6.98. The Labute approximate surface area is 110 Å². The van der Waals surface area contributed by atoms with Gasteiger partial charge in [0.1, 0.15) is 0 Å². The lowest BCUT2D eigenvalue weighted by molar-refractivity contribution is -0.122. The van der Waals surface area contributed by atoms with Crippen molar-refractivity contribution in [3.8, 4) is 0 Å². The Morgan fingerprint density at radius 3 is 3.06 bits per heavy atom. The summed E-state index contributed by atoms with van der Waals surface area (Å²) in [6.07, 6.45) is 1.93. The molecule has 0 saturated carbocycles. The Hall–Kier alpha value is -1.30. The molecule has 0 aromatic carbocycles. The second kappa shape index (κ2) is 5.14. The van der Waals surface area contributed by atoms with Gasteiger partial charge in [0.25, 0.3) is 5.56 Å². The van der Waals surface area contributed by atoms with E-state index in [0.717, 1.165) is 5.75 Å². The third kappa shape index (κ3) is 2.58. The molecule has 1 aromatic rings. The number of hydrogen-bond acceptors (Lipinski definition) is 4. The standard InChI is InChI=1S/C12H17N3O2S/c1-7(2)14-10(16)4-9-6-18-12-13-5-8(3)11(17)15(9)12/h5,7,9H,4,6H2,1-3H3,(H,14,16). The van der Waals surface area contributed by atoms with Crippen molar-refractivity contribution >= 4 is 17.7 Å². The normalized spacial score (nSPS) is 17.9. The number of rotatable bonds is 3. The smallest absolute Gasteiger partial charge is 0.257 e. The minimum atomic E-state index is -0.0800. The Balaban J connectivity index is 2.19. The molecule has 98 valence electrons. The molecule has 5 nitrogen and oxygen atoms in total. The summed E-state index contributed by atoms with van der Waals surface area (Å²) >= 11 is 1.53. The van der Waals surface area contributed by atoms with E-state index in [0.29, 0.717) is 17.1 Å². The number of aryl methyl sites for hydroxylation is 1. The largest absolute Gasteiger partial charge is 0.354 e. The average molecular weight is 267 g/mol. The maximum atomic E-state index is 12.1. The highest BCUT2D eigenvalue weighted by Crippen LogP contribution is 2.31. The Bertz CT molecular complexity index is 525. The molecule has 1 aliphatic rings. The van der Waals surface area contributed by atoms with Gasteiger partial charge in [0.05, 0.1) is 6.04 Å². The fourth-order valence-corrected chi connectivity index (χ4v) is 3.07. The number of hydrogen-bond donors (Lipinski definition) is 1. The van der Waals surface area contributed by atoms with Gasteiger partial charge >= 0.3 is 0 Å². The number of amides is 1. The summed E-state index contributed by atoms with van der Waals surface area (Å²) in [5.74, 6) is 0.717. The van der Waals surface area contributed by atoms with Crippen molar-refractivity contribution in [2.45, 2.75) is 44.4 Å². The predicted octanol–water partition coefficient (Wildman–Crippen LogP) is 1.11. The number of aromatic nitrogens is 2. The van der Waals surface area contributed by atoms with Gasteiger partial charge < -0.3 is 5.32 Å². The summed E-state index contributed by atoms with van der Waals surface area (Å²) in [6, 6.07) is 0.0435. The maximum Gasteiger partial charge on any atom is 0.257 e. The van der Waals surface area contributed by atoms with Crippen LogP contribution in [0.25, 0.3) is 0 Å². The van der Waals surface area contributed by atoms with Crippen LogP contribution in [-0.2, 0) is 4.79 Å². The van der Waals surface area contributed by atoms with Crippen LogP contribution in [0.2, 0.25) is 0 Å². The van der Waals surface area contributed by atoms with E-state index in [1.165, 1.54) is 11.8 Å². The summed E-state index contributed by atoms with van der Waals surface area (Å²) in [7, 11) is 0. The van der Waals surface area contributed by atoms with Crippen molar-refractivity contribution in [3.05, 3.63) is 22.1 Å². The van der Waals surface area contributed by atoms with Gasteiger partial charge in [-0.05, 0) is 20.8 Å². The summed E-state index contributed by atoms with van der Waals surface area (Å²) in [4.78, 5) is 28.0. The Morgan fingerprint density at radius 1 is 1.67 bits per heavy atom. The van der Waals surface area contributed by atoms with Crippen molar-refractivity contribution in [2.24, 2.45) is 0 Å². The van der Waals surface area contributed by atoms with E-state index < -0.39 is 0 Å². The van der Waals surface area contributed by atoms with Gasteiger partial charge in [-0.3, -0.25) is 14.2 Å². The first-order valence-electron chi connectivity index (χ1n) is 5.99. The molecule has 1 amide bonds. The lowest BCUT2D eigenvalue weighted by Gasteiger charge is -2.14. The van der Waals surface area contributed by atoms with Crippen LogP contribution in [0.15, 0.2) is 16.1 Å². The van der Waals surface area contributed by atoms with E-state index in [1.807, 2.05) is 13.8 Å². The van der Waals surface area contributed by atoms with Crippen molar-refractivity contribution < 1.29 is 4.79 Å². The molecule has 0 aliphatic carbocycles. The van der Waals surface area contributed by atoms with Crippen LogP contribution >= 0.6 is 11.8 Å². The molecule has 1 aliphatic heterocycles. The molecule has 2 heterocycles. The fraction of sp³-hybridized carbons (Fsp3) is 0.583. The number of carbonyl (C=O) groups is 1. The SMILES string of the molecule is Cc1cnc2n(c1=O)C(CC(=O)NC(C)C)CS2. The van der Waals surface area contributed by atoms with Crippen molar-refractivity contribution in [3.63, 3.8) is 0 Å². The second-order valence-corrected chi connectivity index (χ2v) is 5.78. The van der Waals surface area contributed by atoms with E-state index in [9.17, 15) is 9.59 Å². The minimum absolute atomic E-state index is 0.0168. The molecule has 18 heavy (non-hydrogen) atoms. The third-order valence-electron chi connectivity index (χ3n) is 2.77. The highest BCUT2D eigenvalue weighted by molar-refractivity contribution is 7.99. The van der Waals surface area contributed by atoms with Gasteiger partial charge in [-0.1, -0.05) is 11.8 Å². The summed E-state index contributed by atoms with van der Waals surface area (Å²) in [5.41, 5.74) is 0.586. The van der Waals surface area contributed by atoms with Crippen molar-refractivity contribution in [1.29, 1.82) is 0 Å². The molecule has 0 radical (unpaired) electrons. The molecular weight excluding hydrogens is 250 g/mol. The molecule has 1 aromatic heterocycles. The van der Waals surface area contributed by atoms with Crippen LogP contribution in [-0.4, -0.2) is 27.3 Å². The van der Waals surface area contributed by atoms with Gasteiger partial charge in [0, 0.05) is 30.0 Å². The van der Waals surface area contributed by atoms with Crippen LogP contribution in [0.1, 0.15) is 31.9 Å². The van der Waals surface area contributed by atoms with Crippen LogP contribution in [0.4, 0.5) is 0 Å². The number of fused-ring (bicyclic) bond motifs is 1. The monoisotopic (exact) mass is 267 g/mol. The first kappa shape index (κ1) is 13.1. The lowest BCUT2D eigenvalue weighted by Crippen LogP contribution is -2.34. The molecule has 1 unspecified atom stereocenters. The number of carbonyl (C=O) groups excluding carboxylic acids is 1. The van der Waals surface area contributed by atoms with Gasteiger partial charge in [0.2, 0.25) is 5.91 Å². The van der Waals surface area contributed by atoms with Gasteiger partial charge in [-0.2, -0.15) is 0 Å². The van der Waals surface area contributed by atoms with E-state index in [2.05, 4.69) is 10.3 Å². The fourth-order valence-electron chi connectivity index (χ4n) is 1.97. The summed E-state index contributed by atoms with van der Waals surface area (Å²) in [5, 5.41) is 3.57. The summed E-state index contributed by atoms with van der Waals surface area (Å²) < 4.78 is 1.65. The molecule has 1 N–H and O–H groups in total. The molecule has 0 bridgehead atoms. The van der Waals surface area contributed by atoms with Crippen LogP contribution in [0.5, 0.6) is 0 Å². The van der Waals surface area contributed by atoms with E-state index in [-0.39, 0.29) is 23.6 Å². The van der Waals surface area contributed by atoms with Crippen molar-refractivity contribution in [2.75, 3.05) is 5.75 Å².